The van der Waals surface area contributed by atoms with E-state index in [1.165, 1.54) is 24.3 Å². The molecule has 2 saturated heterocycles. The molecule has 0 radical (unpaired) electrons. The van der Waals surface area contributed by atoms with Gasteiger partial charge in [-0.3, -0.25) is 4.79 Å². The Morgan fingerprint density at radius 2 is 1.24 bits per heavy atom. The number of hydrogen-bond donors (Lipinski definition) is 5. The number of aliphatic hydroxyl groups is 2. The molecule has 3 aromatic carbocycles. The van der Waals surface area contributed by atoms with Crippen molar-refractivity contribution in [3.63, 3.8) is 0 Å². The van der Waals surface area contributed by atoms with Crippen LogP contribution in [-0.4, -0.2) is 143 Å². The number of benzene rings is 3. The molecule has 0 bridgehead atoms. The van der Waals surface area contributed by atoms with E-state index < -0.39 is 123 Å². The summed E-state index contributed by atoms with van der Waals surface area (Å²) in [4.78, 5) is 66.9. The van der Waals surface area contributed by atoms with Crippen LogP contribution in [-0.2, 0) is 47.5 Å². The van der Waals surface area contributed by atoms with E-state index >= 15 is 0 Å². The third-order valence-electron chi connectivity index (χ3n) is 12.9. The Morgan fingerprint density at radius 1 is 0.647 bits per heavy atom. The Balaban J connectivity index is 1.31. The van der Waals surface area contributed by atoms with Gasteiger partial charge in [-0.2, -0.15) is 0 Å². The first kappa shape index (κ1) is 50.6. The van der Waals surface area contributed by atoms with Crippen molar-refractivity contribution in [3.05, 3.63) is 108 Å². The number of carbonyl (C=O) groups is 5. The molecule has 13 atom stereocenters. The number of esters is 3. The second-order valence-corrected chi connectivity index (χ2v) is 17.8. The summed E-state index contributed by atoms with van der Waals surface area (Å²) < 4.78 is 50.8. The number of hydrogen-bond acceptors (Lipinski definition) is 16. The van der Waals surface area contributed by atoms with Gasteiger partial charge < -0.3 is 63.6 Å². The van der Waals surface area contributed by atoms with Crippen LogP contribution in [0.2, 0.25) is 0 Å². The first-order valence-corrected chi connectivity index (χ1v) is 23.4. The predicted molar refractivity (Wildman–Crippen MR) is 238 cm³/mol. The molecule has 2 aliphatic heterocycles. The minimum atomic E-state index is -1.69. The van der Waals surface area contributed by atoms with Crippen molar-refractivity contribution in [3.8, 4) is 0 Å². The smallest absolute Gasteiger partial charge is 0.338 e. The van der Waals surface area contributed by atoms with Crippen LogP contribution in [0.25, 0.3) is 0 Å². The summed E-state index contributed by atoms with van der Waals surface area (Å²) >= 11 is 0. The highest BCUT2D eigenvalue weighted by atomic mass is 16.8. The minimum absolute atomic E-state index is 0.0217. The van der Waals surface area contributed by atoms with E-state index in [0.717, 1.165) is 32.1 Å². The number of nitrogens with one attached hydrogen (secondary N) is 1. The zero-order valence-corrected chi connectivity index (χ0v) is 37.8. The van der Waals surface area contributed by atoms with Crippen molar-refractivity contribution in [2.75, 3.05) is 13.2 Å². The van der Waals surface area contributed by atoms with Crippen LogP contribution in [0.1, 0.15) is 102 Å². The number of aliphatic carboxylic acids is 2. The lowest BCUT2D eigenvalue weighted by Gasteiger charge is -2.48. The predicted octanol–water partition coefficient (Wildman–Crippen LogP) is 4.68. The van der Waals surface area contributed by atoms with Crippen molar-refractivity contribution >= 4 is 29.8 Å². The SMILES string of the molecule is C[C@@H]1O[C@@H](O[C@@H]2[C@@H](NCC(=O)O)CCC[C@H]2O[C@@H]2O[C@H](COC(=O)c3ccccc3)[C@H](OC(=O)c3ccccc3)[C@H](O[C@@H](CC3CCCCC3)C(=O)O)[C@H]2OC(=O)c2ccccc2)[C@@H](O)C[C@@H]1O. The highest BCUT2D eigenvalue weighted by molar-refractivity contribution is 5.90. The normalized spacial score (nSPS) is 30.3. The quantitative estimate of drug-likeness (QED) is 0.0808. The molecule has 7 rings (SSSR count). The summed E-state index contributed by atoms with van der Waals surface area (Å²) in [6.07, 6.45) is -10.5. The number of carboxylic acid groups (broad SMARTS) is 2. The number of rotatable bonds is 19. The van der Waals surface area contributed by atoms with Gasteiger partial charge in [0, 0.05) is 12.5 Å². The molecule has 18 nitrogen and oxygen atoms in total. The highest BCUT2D eigenvalue weighted by Crippen LogP contribution is 2.37. The van der Waals surface area contributed by atoms with Gasteiger partial charge in [-0.05, 0) is 74.9 Å². The lowest BCUT2D eigenvalue weighted by atomic mass is 9.85. The Kier molecular flexibility index (Phi) is 18.1. The number of carboxylic acids is 2. The first-order valence-electron chi connectivity index (χ1n) is 23.4. The van der Waals surface area contributed by atoms with Crippen LogP contribution in [0.3, 0.4) is 0 Å². The van der Waals surface area contributed by atoms with E-state index in [4.69, 9.17) is 37.9 Å². The van der Waals surface area contributed by atoms with Gasteiger partial charge in [0.15, 0.2) is 30.9 Å². The second-order valence-electron chi connectivity index (χ2n) is 17.8. The van der Waals surface area contributed by atoms with Crippen LogP contribution in [0.15, 0.2) is 91.0 Å². The average molecular weight is 948 g/mol. The zero-order valence-electron chi connectivity index (χ0n) is 37.8. The molecule has 18 heteroatoms. The van der Waals surface area contributed by atoms with Crippen molar-refractivity contribution in [1.82, 2.24) is 5.32 Å². The molecule has 368 valence electrons. The van der Waals surface area contributed by atoms with E-state index in [2.05, 4.69) is 5.32 Å². The molecule has 5 N–H and O–H groups in total. The number of carbonyl (C=O) groups excluding carboxylic acids is 3. The highest BCUT2D eigenvalue weighted by Gasteiger charge is 2.55. The van der Waals surface area contributed by atoms with Crippen LogP contribution in [0, 0.1) is 5.92 Å². The van der Waals surface area contributed by atoms with Crippen LogP contribution >= 0.6 is 0 Å². The summed E-state index contributed by atoms with van der Waals surface area (Å²) in [5.41, 5.74) is 0.428. The Morgan fingerprint density at radius 3 is 1.82 bits per heavy atom. The molecule has 2 heterocycles. The topological polar surface area (TPSA) is 252 Å². The van der Waals surface area contributed by atoms with Gasteiger partial charge in [-0.1, -0.05) is 86.7 Å². The van der Waals surface area contributed by atoms with E-state index in [1.807, 2.05) is 0 Å². The molecule has 2 aliphatic carbocycles. The summed E-state index contributed by atoms with van der Waals surface area (Å²) in [6, 6.07) is 23.4. The molecule has 2 saturated carbocycles. The molecule has 4 fully saturated rings. The molecule has 0 aromatic heterocycles. The molecule has 4 aliphatic rings. The molecule has 3 aromatic rings. The Labute approximate surface area is 394 Å². The van der Waals surface area contributed by atoms with Crippen LogP contribution in [0.4, 0.5) is 0 Å². The average Bonchev–Trinajstić information content (AvgIpc) is 3.34. The van der Waals surface area contributed by atoms with Gasteiger partial charge in [0.2, 0.25) is 0 Å². The molecule has 0 spiro atoms. The van der Waals surface area contributed by atoms with E-state index in [-0.39, 0.29) is 41.9 Å². The standard InChI is InChI=1S/C50H61NO17/c1-29-35(52)26-36(53)49(62-29)68-41-34(51-27-40(54)55)23-14-24-37(41)64-50-44(67-48(60)33-21-12-5-13-22-33)43(63-38(45(56)57)25-30-15-6-2-7-16-30)42(66-47(59)32-19-10-4-11-20-32)39(65-50)28-61-46(58)31-17-8-3-9-18-31/h3-5,8-13,17-22,29-30,34-39,41-44,49-53H,2,6-7,14-16,23-28H2,1H3,(H,54,55)(H,56,57)/t29-,34-,35-,36-,37+,38-,39+,41+,42-,43-,44+,49-,50+/m0/s1. The summed E-state index contributed by atoms with van der Waals surface area (Å²) in [7, 11) is 0. The summed E-state index contributed by atoms with van der Waals surface area (Å²) in [5, 5.41) is 44.9. The number of ether oxygens (including phenoxy) is 8. The van der Waals surface area contributed by atoms with Crippen LogP contribution < -0.4 is 5.32 Å². The fraction of sp³-hybridized carbons (Fsp3) is 0.540. The van der Waals surface area contributed by atoms with E-state index in [1.54, 1.807) is 73.7 Å². The molecular weight excluding hydrogens is 887 g/mol. The maximum Gasteiger partial charge on any atom is 0.338 e. The van der Waals surface area contributed by atoms with Crippen LogP contribution in [0.5, 0.6) is 0 Å². The maximum atomic E-state index is 14.2. The summed E-state index contributed by atoms with van der Waals surface area (Å²) in [6.45, 7) is 0.568. The molecule has 68 heavy (non-hydrogen) atoms. The second kappa shape index (κ2) is 24.3. The lowest BCUT2D eigenvalue weighted by molar-refractivity contribution is -0.339. The fourth-order valence-corrected chi connectivity index (χ4v) is 9.31. The Bertz CT molecular complexity index is 2110. The number of aliphatic hydroxyl groups excluding tert-OH is 2. The Hall–Kier alpha value is -5.31. The molecule has 0 amide bonds. The monoisotopic (exact) mass is 947 g/mol. The van der Waals surface area contributed by atoms with Crippen molar-refractivity contribution < 1.29 is 82.3 Å². The molecule has 0 unspecified atom stereocenters. The van der Waals surface area contributed by atoms with Crippen molar-refractivity contribution in [2.45, 2.75) is 151 Å². The largest absolute Gasteiger partial charge is 0.480 e. The van der Waals surface area contributed by atoms with E-state index in [0.29, 0.717) is 12.8 Å². The molecular formula is C50H61NO17. The third-order valence-corrected chi connectivity index (χ3v) is 12.9. The third kappa shape index (κ3) is 13.5. The van der Waals surface area contributed by atoms with Crippen molar-refractivity contribution in [1.29, 1.82) is 0 Å². The van der Waals surface area contributed by atoms with Gasteiger partial charge in [-0.25, -0.2) is 19.2 Å². The van der Waals surface area contributed by atoms with E-state index in [9.17, 15) is 44.4 Å². The first-order chi connectivity index (χ1) is 32.8. The van der Waals surface area contributed by atoms with Gasteiger partial charge in [0.05, 0.1) is 41.5 Å². The van der Waals surface area contributed by atoms with Gasteiger partial charge in [0.1, 0.15) is 31.0 Å². The van der Waals surface area contributed by atoms with Gasteiger partial charge >= 0.3 is 29.8 Å². The fourth-order valence-electron chi connectivity index (χ4n) is 9.31. The lowest BCUT2D eigenvalue weighted by Crippen LogP contribution is -2.65. The van der Waals surface area contributed by atoms with Gasteiger partial charge in [-0.15, -0.1) is 0 Å². The zero-order chi connectivity index (χ0) is 48.2. The van der Waals surface area contributed by atoms with Gasteiger partial charge in [0.25, 0.3) is 0 Å². The van der Waals surface area contributed by atoms with Crippen molar-refractivity contribution in [2.24, 2.45) is 5.92 Å². The summed E-state index contributed by atoms with van der Waals surface area (Å²) in [5.74, 6) is -4.98. The maximum absolute atomic E-state index is 14.2. The minimum Gasteiger partial charge on any atom is -0.480 e.